The molecule has 1 aromatic rings. The first-order valence-electron chi connectivity index (χ1n) is 10.2. The highest BCUT2D eigenvalue weighted by atomic mass is 32.1. The standard InChI is InChI=1S/C21H32N4O6S/c1-12(2)8-15(23-18(27)14(22)10-26)19(28)25-17(11-32)20(29)24-16(21(30)31)9-13-6-4-3-5-7-13/h3-7,12,14-17,26,32H,8-11,22H2,1-2H3,(H,23,27)(H,24,29)(H,25,28)(H,30,31). The molecule has 0 saturated carbocycles. The smallest absolute Gasteiger partial charge is 0.326 e. The minimum absolute atomic E-state index is 0.0296. The van der Waals surface area contributed by atoms with E-state index in [9.17, 15) is 24.3 Å². The van der Waals surface area contributed by atoms with Gasteiger partial charge in [0.05, 0.1) is 6.61 Å². The van der Waals surface area contributed by atoms with Crippen LogP contribution in [-0.2, 0) is 25.6 Å². The van der Waals surface area contributed by atoms with E-state index in [1.54, 1.807) is 30.3 Å². The number of carboxylic acids is 1. The van der Waals surface area contributed by atoms with Crippen LogP contribution < -0.4 is 21.7 Å². The highest BCUT2D eigenvalue weighted by Crippen LogP contribution is 2.07. The number of hydrogen-bond acceptors (Lipinski definition) is 7. The molecule has 3 amide bonds. The lowest BCUT2D eigenvalue weighted by atomic mass is 10.0. The van der Waals surface area contributed by atoms with Gasteiger partial charge in [-0.25, -0.2) is 4.79 Å². The second-order valence-electron chi connectivity index (χ2n) is 7.81. The molecule has 0 aliphatic rings. The van der Waals surface area contributed by atoms with Gasteiger partial charge in [0, 0.05) is 12.2 Å². The van der Waals surface area contributed by atoms with E-state index in [1.165, 1.54) is 0 Å². The molecule has 0 bridgehead atoms. The first kappa shape index (κ1) is 27.4. The number of carbonyl (C=O) groups is 4. The summed E-state index contributed by atoms with van der Waals surface area (Å²) >= 11 is 4.10. The number of carboxylic acid groups (broad SMARTS) is 1. The maximum Gasteiger partial charge on any atom is 0.326 e. The van der Waals surface area contributed by atoms with E-state index in [2.05, 4.69) is 28.6 Å². The maximum atomic E-state index is 12.8. The summed E-state index contributed by atoms with van der Waals surface area (Å²) in [6, 6.07) is 4.32. The van der Waals surface area contributed by atoms with Gasteiger partial charge in [0.2, 0.25) is 17.7 Å². The Hall–Kier alpha value is -2.63. The van der Waals surface area contributed by atoms with Gasteiger partial charge in [0.1, 0.15) is 24.2 Å². The summed E-state index contributed by atoms with van der Waals surface area (Å²) in [6.07, 6.45) is 0.336. The molecule has 178 valence electrons. The number of thiol groups is 1. The maximum absolute atomic E-state index is 12.8. The van der Waals surface area contributed by atoms with E-state index in [-0.39, 0.29) is 24.5 Å². The molecule has 0 heterocycles. The summed E-state index contributed by atoms with van der Waals surface area (Å²) in [4.78, 5) is 49.0. The summed E-state index contributed by atoms with van der Waals surface area (Å²) in [5, 5.41) is 25.9. The number of benzene rings is 1. The Bertz CT molecular complexity index is 777. The fourth-order valence-electron chi connectivity index (χ4n) is 2.85. The Labute approximate surface area is 192 Å². The number of rotatable bonds is 13. The monoisotopic (exact) mass is 468 g/mol. The van der Waals surface area contributed by atoms with Crippen LogP contribution in [0.3, 0.4) is 0 Å². The predicted octanol–water partition coefficient (Wildman–Crippen LogP) is -0.936. The van der Waals surface area contributed by atoms with Crippen LogP contribution in [0, 0.1) is 5.92 Å². The van der Waals surface area contributed by atoms with Crippen molar-refractivity contribution in [1.29, 1.82) is 0 Å². The van der Waals surface area contributed by atoms with E-state index in [4.69, 9.17) is 10.8 Å². The molecule has 1 aromatic carbocycles. The van der Waals surface area contributed by atoms with Gasteiger partial charge in [-0.05, 0) is 17.9 Å². The van der Waals surface area contributed by atoms with E-state index in [0.29, 0.717) is 0 Å². The molecule has 7 N–H and O–H groups in total. The molecule has 1 rings (SSSR count). The largest absolute Gasteiger partial charge is 0.480 e. The van der Waals surface area contributed by atoms with Crippen LogP contribution in [0.2, 0.25) is 0 Å². The van der Waals surface area contributed by atoms with E-state index in [1.807, 2.05) is 13.8 Å². The van der Waals surface area contributed by atoms with Crippen molar-refractivity contribution >= 4 is 36.3 Å². The van der Waals surface area contributed by atoms with Crippen molar-refractivity contribution in [2.75, 3.05) is 12.4 Å². The van der Waals surface area contributed by atoms with Crippen molar-refractivity contribution in [1.82, 2.24) is 16.0 Å². The van der Waals surface area contributed by atoms with Gasteiger partial charge in [0.25, 0.3) is 0 Å². The quantitative estimate of drug-likeness (QED) is 0.183. The lowest BCUT2D eigenvalue weighted by Crippen LogP contribution is -2.58. The van der Waals surface area contributed by atoms with Crippen LogP contribution in [0.5, 0.6) is 0 Å². The molecule has 0 radical (unpaired) electrons. The zero-order chi connectivity index (χ0) is 24.3. The Morgan fingerprint density at radius 3 is 1.97 bits per heavy atom. The molecule has 0 fully saturated rings. The second kappa shape index (κ2) is 13.7. The average Bonchev–Trinajstić information content (AvgIpc) is 2.75. The van der Waals surface area contributed by atoms with Gasteiger partial charge in [0.15, 0.2) is 0 Å². The SMILES string of the molecule is CC(C)CC(NC(=O)C(N)CO)C(=O)NC(CS)C(=O)NC(Cc1ccccc1)C(=O)O. The van der Waals surface area contributed by atoms with Crippen molar-refractivity contribution < 1.29 is 29.4 Å². The number of carbonyl (C=O) groups excluding carboxylic acids is 3. The normalized spacial score (nSPS) is 14.7. The fraction of sp³-hybridized carbons (Fsp3) is 0.524. The van der Waals surface area contributed by atoms with Gasteiger partial charge in [-0.1, -0.05) is 44.2 Å². The van der Waals surface area contributed by atoms with Crippen LogP contribution in [0.25, 0.3) is 0 Å². The number of nitrogens with one attached hydrogen (secondary N) is 3. The molecule has 4 unspecified atom stereocenters. The van der Waals surface area contributed by atoms with Crippen LogP contribution >= 0.6 is 12.6 Å². The third-order valence-corrected chi connectivity index (χ3v) is 4.95. The third kappa shape index (κ3) is 9.25. The predicted molar refractivity (Wildman–Crippen MR) is 122 cm³/mol. The molecule has 10 nitrogen and oxygen atoms in total. The lowest BCUT2D eigenvalue weighted by molar-refractivity contribution is -0.142. The summed E-state index contributed by atoms with van der Waals surface area (Å²) in [5.74, 6) is -3.32. The summed E-state index contributed by atoms with van der Waals surface area (Å²) in [5.41, 5.74) is 6.22. The van der Waals surface area contributed by atoms with Crippen molar-refractivity contribution in [2.24, 2.45) is 11.7 Å². The lowest BCUT2D eigenvalue weighted by Gasteiger charge is -2.25. The molecule has 0 aliphatic heterocycles. The number of amides is 3. The fourth-order valence-corrected chi connectivity index (χ4v) is 3.11. The van der Waals surface area contributed by atoms with Crippen LogP contribution in [0.1, 0.15) is 25.8 Å². The summed E-state index contributed by atoms with van der Waals surface area (Å²) < 4.78 is 0. The number of hydrogen-bond donors (Lipinski definition) is 7. The third-order valence-electron chi connectivity index (χ3n) is 4.59. The zero-order valence-electron chi connectivity index (χ0n) is 18.2. The van der Waals surface area contributed by atoms with Crippen molar-refractivity contribution in [3.05, 3.63) is 35.9 Å². The van der Waals surface area contributed by atoms with Gasteiger partial charge >= 0.3 is 5.97 Å². The van der Waals surface area contributed by atoms with E-state index < -0.39 is 54.5 Å². The molecular weight excluding hydrogens is 436 g/mol. The van der Waals surface area contributed by atoms with Crippen molar-refractivity contribution in [2.45, 2.75) is 50.9 Å². The van der Waals surface area contributed by atoms with Gasteiger partial charge < -0.3 is 31.9 Å². The van der Waals surface area contributed by atoms with Gasteiger partial charge in [-0.2, -0.15) is 12.6 Å². The molecule has 0 aromatic heterocycles. The molecule has 0 aliphatic carbocycles. The Morgan fingerprint density at radius 2 is 1.47 bits per heavy atom. The van der Waals surface area contributed by atoms with Crippen LogP contribution in [-0.4, -0.2) is 70.4 Å². The second-order valence-corrected chi connectivity index (χ2v) is 8.18. The van der Waals surface area contributed by atoms with Gasteiger partial charge in [-0.15, -0.1) is 0 Å². The number of aliphatic hydroxyl groups excluding tert-OH is 1. The minimum atomic E-state index is -1.21. The van der Waals surface area contributed by atoms with Crippen LogP contribution in [0.15, 0.2) is 30.3 Å². The molecule has 0 saturated heterocycles. The average molecular weight is 469 g/mol. The van der Waals surface area contributed by atoms with Crippen molar-refractivity contribution in [3.63, 3.8) is 0 Å². The topological polar surface area (TPSA) is 171 Å². The summed E-state index contributed by atoms with van der Waals surface area (Å²) in [7, 11) is 0. The molecule has 11 heteroatoms. The van der Waals surface area contributed by atoms with E-state index in [0.717, 1.165) is 5.56 Å². The minimum Gasteiger partial charge on any atom is -0.480 e. The number of nitrogens with two attached hydrogens (primary N) is 1. The molecule has 32 heavy (non-hydrogen) atoms. The number of aliphatic hydroxyl groups is 1. The first-order valence-corrected chi connectivity index (χ1v) is 10.9. The zero-order valence-corrected chi connectivity index (χ0v) is 19.0. The van der Waals surface area contributed by atoms with E-state index >= 15 is 0 Å². The molecular formula is C21H32N4O6S. The Morgan fingerprint density at radius 1 is 0.938 bits per heavy atom. The highest BCUT2D eigenvalue weighted by molar-refractivity contribution is 7.80. The van der Waals surface area contributed by atoms with Crippen molar-refractivity contribution in [3.8, 4) is 0 Å². The van der Waals surface area contributed by atoms with Crippen LogP contribution in [0.4, 0.5) is 0 Å². The Kier molecular flexibility index (Phi) is 11.7. The Balaban J connectivity index is 2.85. The van der Waals surface area contributed by atoms with Gasteiger partial charge in [-0.3, -0.25) is 14.4 Å². The summed E-state index contributed by atoms with van der Waals surface area (Å²) in [6.45, 7) is 3.12. The molecule has 0 spiro atoms. The molecule has 4 atom stereocenters. The highest BCUT2D eigenvalue weighted by Gasteiger charge is 2.30. The number of aliphatic carboxylic acids is 1. The first-order chi connectivity index (χ1) is 15.1.